The Morgan fingerprint density at radius 3 is 2.47 bits per heavy atom. The van der Waals surface area contributed by atoms with E-state index in [4.69, 9.17) is 0 Å². The zero-order valence-electron chi connectivity index (χ0n) is 10.5. The van der Waals surface area contributed by atoms with Gasteiger partial charge in [-0.3, -0.25) is 5.10 Å². The van der Waals surface area contributed by atoms with Crippen LogP contribution in [0.2, 0.25) is 0 Å². The summed E-state index contributed by atoms with van der Waals surface area (Å²) < 4.78 is 26.8. The Balaban J connectivity index is 2.40. The predicted octanol–water partition coefficient (Wildman–Crippen LogP) is 1.59. The minimum atomic E-state index is -3.38. The molecule has 0 atom stereocenters. The van der Waals surface area contributed by atoms with E-state index in [2.05, 4.69) is 10.2 Å². The zero-order valence-corrected chi connectivity index (χ0v) is 11.3. The maximum absolute atomic E-state index is 12.6. The lowest BCUT2D eigenvalue weighted by molar-refractivity contribution is 0.403. The Bertz CT molecular complexity index is 483. The summed E-state index contributed by atoms with van der Waals surface area (Å²) in [6.07, 6.45) is 2.80. The largest absolute Gasteiger partial charge is 0.281 e. The van der Waals surface area contributed by atoms with Crippen molar-refractivity contribution in [3.05, 3.63) is 11.4 Å². The fourth-order valence-corrected chi connectivity index (χ4v) is 4.23. The van der Waals surface area contributed by atoms with E-state index < -0.39 is 10.0 Å². The molecule has 0 bridgehead atoms. The summed E-state index contributed by atoms with van der Waals surface area (Å²) in [6, 6.07) is 0.202. The molecule has 0 radical (unpaired) electrons. The van der Waals surface area contributed by atoms with E-state index in [0.29, 0.717) is 22.8 Å². The van der Waals surface area contributed by atoms with E-state index in [9.17, 15) is 8.42 Å². The van der Waals surface area contributed by atoms with Crippen molar-refractivity contribution < 1.29 is 8.42 Å². The van der Waals surface area contributed by atoms with E-state index >= 15 is 0 Å². The lowest BCUT2D eigenvalue weighted by atomic mass is 10.4. The molecule has 1 aromatic rings. The number of H-pyrrole nitrogens is 1. The first-order valence-electron chi connectivity index (χ1n) is 6.02. The molecule has 1 fully saturated rings. The molecule has 1 N–H and O–H groups in total. The summed E-state index contributed by atoms with van der Waals surface area (Å²) in [6.45, 7) is 6.08. The van der Waals surface area contributed by atoms with Crippen LogP contribution in [-0.2, 0) is 10.0 Å². The van der Waals surface area contributed by atoms with Crippen molar-refractivity contribution >= 4 is 10.0 Å². The van der Waals surface area contributed by atoms with Gasteiger partial charge in [-0.1, -0.05) is 6.92 Å². The van der Waals surface area contributed by atoms with E-state index in [-0.39, 0.29) is 6.04 Å². The van der Waals surface area contributed by atoms with Gasteiger partial charge in [-0.05, 0) is 33.1 Å². The highest BCUT2D eigenvalue weighted by Gasteiger charge is 2.39. The maximum atomic E-state index is 12.6. The molecule has 96 valence electrons. The summed E-state index contributed by atoms with van der Waals surface area (Å²) in [4.78, 5) is 0.359. The molecule has 5 nitrogen and oxygen atoms in total. The first-order valence-corrected chi connectivity index (χ1v) is 7.46. The molecule has 1 heterocycles. The van der Waals surface area contributed by atoms with Crippen molar-refractivity contribution in [1.82, 2.24) is 14.5 Å². The second kappa shape index (κ2) is 4.42. The number of hydrogen-bond acceptors (Lipinski definition) is 3. The van der Waals surface area contributed by atoms with Gasteiger partial charge >= 0.3 is 0 Å². The van der Waals surface area contributed by atoms with Gasteiger partial charge in [-0.25, -0.2) is 8.42 Å². The molecule has 0 spiro atoms. The van der Waals surface area contributed by atoms with E-state index in [1.54, 1.807) is 18.2 Å². The van der Waals surface area contributed by atoms with Gasteiger partial charge < -0.3 is 0 Å². The van der Waals surface area contributed by atoms with Crippen molar-refractivity contribution in [2.24, 2.45) is 0 Å². The standard InChI is InChI=1S/C11H19N3O2S/c1-4-7-14(10-5-6-10)17(15,16)11-8(2)12-13-9(11)3/h10H,4-7H2,1-3H3,(H,12,13). The Labute approximate surface area is 102 Å². The number of aromatic amines is 1. The first kappa shape index (κ1) is 12.6. The third-order valence-corrected chi connectivity index (χ3v) is 5.24. The normalized spacial score (nSPS) is 16.7. The smallest absolute Gasteiger partial charge is 0.246 e. The molecule has 0 saturated heterocycles. The molecule has 1 aliphatic rings. The molecule has 0 aliphatic heterocycles. The van der Waals surface area contributed by atoms with Gasteiger partial charge in [0.15, 0.2) is 0 Å². The van der Waals surface area contributed by atoms with E-state index in [1.807, 2.05) is 6.92 Å². The zero-order chi connectivity index (χ0) is 12.6. The Morgan fingerprint density at radius 1 is 1.41 bits per heavy atom. The van der Waals surface area contributed by atoms with Crippen LogP contribution < -0.4 is 0 Å². The number of sulfonamides is 1. The fraction of sp³-hybridized carbons (Fsp3) is 0.727. The van der Waals surface area contributed by atoms with Crippen LogP contribution in [0.25, 0.3) is 0 Å². The molecule has 1 aromatic heterocycles. The molecule has 2 rings (SSSR count). The molecule has 0 aromatic carbocycles. The molecule has 0 amide bonds. The van der Waals surface area contributed by atoms with Crippen molar-refractivity contribution in [3.8, 4) is 0 Å². The number of aromatic nitrogens is 2. The highest BCUT2D eigenvalue weighted by molar-refractivity contribution is 7.89. The van der Waals surface area contributed by atoms with Crippen LogP contribution in [0, 0.1) is 13.8 Å². The van der Waals surface area contributed by atoms with Crippen LogP contribution >= 0.6 is 0 Å². The Kier molecular flexibility index (Phi) is 3.27. The molecular formula is C11H19N3O2S. The molecule has 1 saturated carbocycles. The van der Waals surface area contributed by atoms with Gasteiger partial charge in [-0.2, -0.15) is 9.40 Å². The summed E-state index contributed by atoms with van der Waals surface area (Å²) in [5.74, 6) is 0. The number of aryl methyl sites for hydroxylation is 2. The molecule has 17 heavy (non-hydrogen) atoms. The maximum Gasteiger partial charge on any atom is 0.246 e. The van der Waals surface area contributed by atoms with Gasteiger partial charge in [-0.15, -0.1) is 0 Å². The number of nitrogens with zero attached hydrogens (tertiary/aromatic N) is 2. The lowest BCUT2D eigenvalue weighted by Crippen LogP contribution is -2.34. The average molecular weight is 257 g/mol. The molecule has 0 unspecified atom stereocenters. The van der Waals surface area contributed by atoms with Gasteiger partial charge in [0.2, 0.25) is 10.0 Å². The first-order chi connectivity index (χ1) is 7.98. The van der Waals surface area contributed by atoms with Gasteiger partial charge in [0.1, 0.15) is 4.90 Å². The summed E-state index contributed by atoms with van der Waals surface area (Å²) >= 11 is 0. The molecular weight excluding hydrogens is 238 g/mol. The molecule has 1 aliphatic carbocycles. The van der Waals surface area contributed by atoms with Crippen molar-refractivity contribution in [3.63, 3.8) is 0 Å². The number of rotatable bonds is 5. The Morgan fingerprint density at radius 2 is 2.06 bits per heavy atom. The second-order valence-electron chi connectivity index (χ2n) is 4.61. The van der Waals surface area contributed by atoms with Crippen LogP contribution in [0.3, 0.4) is 0 Å². The summed E-state index contributed by atoms with van der Waals surface area (Å²) in [5.41, 5.74) is 1.19. The van der Waals surface area contributed by atoms with Crippen LogP contribution in [0.4, 0.5) is 0 Å². The quantitative estimate of drug-likeness (QED) is 0.871. The minimum absolute atomic E-state index is 0.202. The van der Waals surface area contributed by atoms with Crippen LogP contribution in [0.5, 0.6) is 0 Å². The summed E-state index contributed by atoms with van der Waals surface area (Å²) in [5, 5.41) is 6.72. The van der Waals surface area contributed by atoms with E-state index in [1.165, 1.54) is 0 Å². The van der Waals surface area contributed by atoms with Crippen molar-refractivity contribution in [2.75, 3.05) is 6.54 Å². The Hall–Kier alpha value is -0.880. The fourth-order valence-electron chi connectivity index (χ4n) is 2.12. The van der Waals surface area contributed by atoms with Crippen LogP contribution in [0.15, 0.2) is 4.90 Å². The average Bonchev–Trinajstić information content (AvgIpc) is 3.01. The SMILES string of the molecule is CCCN(C1CC1)S(=O)(=O)c1c(C)n[nH]c1C. The number of hydrogen-bond donors (Lipinski definition) is 1. The lowest BCUT2D eigenvalue weighted by Gasteiger charge is -2.21. The monoisotopic (exact) mass is 257 g/mol. The van der Waals surface area contributed by atoms with Crippen LogP contribution in [0.1, 0.15) is 37.6 Å². The van der Waals surface area contributed by atoms with Crippen LogP contribution in [-0.4, -0.2) is 35.5 Å². The van der Waals surface area contributed by atoms with Gasteiger partial charge in [0, 0.05) is 12.6 Å². The molecule has 6 heteroatoms. The third-order valence-electron chi connectivity index (χ3n) is 3.03. The van der Waals surface area contributed by atoms with Crippen molar-refractivity contribution in [1.29, 1.82) is 0 Å². The van der Waals surface area contributed by atoms with Gasteiger partial charge in [0.25, 0.3) is 0 Å². The van der Waals surface area contributed by atoms with E-state index in [0.717, 1.165) is 19.3 Å². The predicted molar refractivity (Wildman–Crippen MR) is 65.3 cm³/mol. The minimum Gasteiger partial charge on any atom is -0.281 e. The second-order valence-corrected chi connectivity index (χ2v) is 6.44. The van der Waals surface area contributed by atoms with Crippen molar-refractivity contribution in [2.45, 2.75) is 51.0 Å². The third kappa shape index (κ3) is 2.24. The van der Waals surface area contributed by atoms with Gasteiger partial charge in [0.05, 0.1) is 11.4 Å². The number of nitrogens with one attached hydrogen (secondary N) is 1. The summed E-state index contributed by atoms with van der Waals surface area (Å²) in [7, 11) is -3.38. The highest BCUT2D eigenvalue weighted by atomic mass is 32.2. The topological polar surface area (TPSA) is 66.1 Å². The highest BCUT2D eigenvalue weighted by Crippen LogP contribution is 2.33.